The normalized spacial score (nSPS) is 16.2. The first kappa shape index (κ1) is 11.2. The summed E-state index contributed by atoms with van der Waals surface area (Å²) < 4.78 is 0. The molecule has 1 aliphatic heterocycles. The maximum atomic E-state index is 11.8. The molecule has 0 aliphatic carbocycles. The van der Waals surface area contributed by atoms with E-state index in [-0.39, 0.29) is 11.3 Å². The predicted octanol–water partition coefficient (Wildman–Crippen LogP) is 2.50. The predicted molar refractivity (Wildman–Crippen MR) is 65.3 cm³/mol. The highest BCUT2D eigenvalue weighted by atomic mass is 16.2. The van der Waals surface area contributed by atoms with Crippen molar-refractivity contribution in [3.05, 3.63) is 34.9 Å². The van der Waals surface area contributed by atoms with Gasteiger partial charge in [0, 0.05) is 13.6 Å². The lowest BCUT2D eigenvalue weighted by Gasteiger charge is -2.30. The van der Waals surface area contributed by atoms with Crippen LogP contribution in [0.2, 0.25) is 0 Å². The van der Waals surface area contributed by atoms with Crippen LogP contribution in [0.1, 0.15) is 37.5 Å². The van der Waals surface area contributed by atoms with Gasteiger partial charge >= 0.3 is 0 Å². The van der Waals surface area contributed by atoms with E-state index in [0.717, 1.165) is 6.54 Å². The fraction of sp³-hybridized carbons (Fsp3) is 0.500. The van der Waals surface area contributed by atoms with E-state index in [1.165, 1.54) is 16.7 Å². The van der Waals surface area contributed by atoms with Crippen LogP contribution in [0.4, 0.5) is 0 Å². The van der Waals surface area contributed by atoms with Crippen LogP contribution in [0, 0.1) is 0 Å². The van der Waals surface area contributed by atoms with E-state index in [2.05, 4.69) is 39.0 Å². The fourth-order valence-electron chi connectivity index (χ4n) is 2.32. The number of carbonyl (C=O) groups is 1. The van der Waals surface area contributed by atoms with Gasteiger partial charge in [0.05, 0.1) is 6.42 Å². The molecule has 0 N–H and O–H groups in total. The summed E-state index contributed by atoms with van der Waals surface area (Å²) in [7, 11) is 1.87. The Kier molecular flexibility index (Phi) is 2.53. The van der Waals surface area contributed by atoms with E-state index in [9.17, 15) is 4.79 Å². The lowest BCUT2D eigenvalue weighted by atomic mass is 9.80. The zero-order valence-corrected chi connectivity index (χ0v) is 10.5. The van der Waals surface area contributed by atoms with Gasteiger partial charge in [-0.05, 0) is 22.1 Å². The van der Waals surface area contributed by atoms with E-state index in [1.54, 1.807) is 4.90 Å². The number of likely N-dealkylation sites (N-methyl/N-ethyl adjacent to an activating group) is 1. The third-order valence-electron chi connectivity index (χ3n) is 3.24. The Morgan fingerprint density at radius 1 is 1.25 bits per heavy atom. The Labute approximate surface area is 97.3 Å². The number of hydrogen-bond acceptors (Lipinski definition) is 1. The summed E-state index contributed by atoms with van der Waals surface area (Å²) in [6.07, 6.45) is 0.555. The standard InChI is InChI=1S/C14H19NO/c1-14(2,3)12-7-5-6-10-9-15(4)13(16)8-11(10)12/h5-7H,8-9H2,1-4H3. The minimum Gasteiger partial charge on any atom is -0.341 e. The average Bonchev–Trinajstić information content (AvgIpc) is 2.17. The highest BCUT2D eigenvalue weighted by Gasteiger charge is 2.26. The summed E-state index contributed by atoms with van der Waals surface area (Å²) in [6, 6.07) is 6.38. The SMILES string of the molecule is CN1Cc2cccc(C(C)(C)C)c2CC1=O. The highest BCUT2D eigenvalue weighted by molar-refractivity contribution is 5.81. The van der Waals surface area contributed by atoms with Crippen molar-refractivity contribution in [2.24, 2.45) is 0 Å². The molecule has 0 saturated carbocycles. The van der Waals surface area contributed by atoms with Gasteiger partial charge in [0.25, 0.3) is 0 Å². The van der Waals surface area contributed by atoms with Crippen molar-refractivity contribution in [3.8, 4) is 0 Å². The first-order valence-corrected chi connectivity index (χ1v) is 5.75. The lowest BCUT2D eigenvalue weighted by Crippen LogP contribution is -2.34. The zero-order valence-electron chi connectivity index (χ0n) is 10.5. The van der Waals surface area contributed by atoms with Crippen LogP contribution in [-0.2, 0) is 23.2 Å². The number of rotatable bonds is 0. The lowest BCUT2D eigenvalue weighted by molar-refractivity contribution is -0.130. The third kappa shape index (κ3) is 1.84. The Morgan fingerprint density at radius 3 is 2.56 bits per heavy atom. The van der Waals surface area contributed by atoms with Gasteiger partial charge < -0.3 is 4.90 Å². The number of nitrogens with zero attached hydrogens (tertiary/aromatic N) is 1. The quantitative estimate of drug-likeness (QED) is 0.654. The van der Waals surface area contributed by atoms with Crippen molar-refractivity contribution in [1.82, 2.24) is 4.90 Å². The molecular weight excluding hydrogens is 198 g/mol. The molecule has 0 aromatic heterocycles. The van der Waals surface area contributed by atoms with E-state index >= 15 is 0 Å². The second-order valence-electron chi connectivity index (χ2n) is 5.62. The van der Waals surface area contributed by atoms with Gasteiger partial charge in [-0.1, -0.05) is 39.0 Å². The van der Waals surface area contributed by atoms with Crippen LogP contribution in [0.5, 0.6) is 0 Å². The van der Waals surface area contributed by atoms with Crippen molar-refractivity contribution in [2.45, 2.75) is 39.2 Å². The molecular formula is C14H19NO. The minimum absolute atomic E-state index is 0.113. The molecule has 0 spiro atoms. The molecule has 0 radical (unpaired) electrons. The summed E-state index contributed by atoms with van der Waals surface area (Å²) in [6.45, 7) is 7.35. The molecule has 0 bridgehead atoms. The van der Waals surface area contributed by atoms with Gasteiger partial charge in [-0.2, -0.15) is 0 Å². The van der Waals surface area contributed by atoms with Gasteiger partial charge in [0.1, 0.15) is 0 Å². The Bertz CT molecular complexity index is 429. The van der Waals surface area contributed by atoms with Gasteiger partial charge in [0.2, 0.25) is 5.91 Å². The van der Waals surface area contributed by atoms with Crippen LogP contribution in [0.25, 0.3) is 0 Å². The average molecular weight is 217 g/mol. The number of fused-ring (bicyclic) bond motifs is 1. The second-order valence-corrected chi connectivity index (χ2v) is 5.62. The molecule has 1 aliphatic rings. The van der Waals surface area contributed by atoms with E-state index in [4.69, 9.17) is 0 Å². The highest BCUT2D eigenvalue weighted by Crippen LogP contribution is 2.31. The molecule has 0 atom stereocenters. The maximum absolute atomic E-state index is 11.8. The summed E-state index contributed by atoms with van der Waals surface area (Å²) in [4.78, 5) is 13.6. The number of carbonyl (C=O) groups excluding carboxylic acids is 1. The van der Waals surface area contributed by atoms with Crippen molar-refractivity contribution in [3.63, 3.8) is 0 Å². The molecule has 1 aromatic carbocycles. The second kappa shape index (κ2) is 3.62. The molecule has 0 saturated heterocycles. The Hall–Kier alpha value is -1.31. The number of hydrogen-bond donors (Lipinski definition) is 0. The van der Waals surface area contributed by atoms with Gasteiger partial charge in [-0.15, -0.1) is 0 Å². The minimum atomic E-state index is 0.113. The monoisotopic (exact) mass is 217 g/mol. The van der Waals surface area contributed by atoms with E-state index in [0.29, 0.717) is 6.42 Å². The first-order chi connectivity index (χ1) is 7.39. The van der Waals surface area contributed by atoms with Crippen LogP contribution < -0.4 is 0 Å². The fourth-order valence-corrected chi connectivity index (χ4v) is 2.32. The molecule has 1 amide bonds. The third-order valence-corrected chi connectivity index (χ3v) is 3.24. The van der Waals surface area contributed by atoms with Crippen molar-refractivity contribution < 1.29 is 4.79 Å². The molecule has 2 nitrogen and oxygen atoms in total. The molecule has 16 heavy (non-hydrogen) atoms. The Balaban J connectivity index is 2.53. The van der Waals surface area contributed by atoms with Crippen molar-refractivity contribution in [1.29, 1.82) is 0 Å². The number of benzene rings is 1. The zero-order chi connectivity index (χ0) is 11.9. The first-order valence-electron chi connectivity index (χ1n) is 5.75. The molecule has 0 fully saturated rings. The molecule has 2 rings (SSSR count). The van der Waals surface area contributed by atoms with Crippen LogP contribution in [-0.4, -0.2) is 17.9 Å². The summed E-state index contributed by atoms with van der Waals surface area (Å²) in [5, 5.41) is 0. The summed E-state index contributed by atoms with van der Waals surface area (Å²) in [5.74, 6) is 0.226. The van der Waals surface area contributed by atoms with Crippen LogP contribution in [0.15, 0.2) is 18.2 Å². The molecule has 0 unspecified atom stereocenters. The van der Waals surface area contributed by atoms with Crippen LogP contribution >= 0.6 is 0 Å². The van der Waals surface area contributed by atoms with Gasteiger partial charge in [-0.3, -0.25) is 4.79 Å². The molecule has 1 aromatic rings. The molecule has 1 heterocycles. The number of amides is 1. The largest absolute Gasteiger partial charge is 0.341 e. The van der Waals surface area contributed by atoms with E-state index < -0.39 is 0 Å². The summed E-state index contributed by atoms with van der Waals surface area (Å²) >= 11 is 0. The molecule has 86 valence electrons. The maximum Gasteiger partial charge on any atom is 0.227 e. The smallest absolute Gasteiger partial charge is 0.227 e. The van der Waals surface area contributed by atoms with E-state index in [1.807, 2.05) is 7.05 Å². The van der Waals surface area contributed by atoms with Crippen molar-refractivity contribution in [2.75, 3.05) is 7.05 Å². The van der Waals surface area contributed by atoms with Gasteiger partial charge in [0.15, 0.2) is 0 Å². The van der Waals surface area contributed by atoms with Crippen LogP contribution in [0.3, 0.4) is 0 Å². The van der Waals surface area contributed by atoms with Crippen molar-refractivity contribution >= 4 is 5.91 Å². The topological polar surface area (TPSA) is 20.3 Å². The Morgan fingerprint density at radius 2 is 1.94 bits per heavy atom. The summed E-state index contributed by atoms with van der Waals surface area (Å²) in [5.41, 5.74) is 3.97. The van der Waals surface area contributed by atoms with Gasteiger partial charge in [-0.25, -0.2) is 0 Å². The molecule has 2 heteroatoms.